The molecule has 0 radical (unpaired) electrons. The molecule has 7 heteroatoms. The molecule has 2 rings (SSSR count). The average Bonchev–Trinajstić information content (AvgIpc) is 2.37. The lowest BCUT2D eigenvalue weighted by Gasteiger charge is -2.23. The van der Waals surface area contributed by atoms with Gasteiger partial charge in [0.05, 0.1) is 18.8 Å². The van der Waals surface area contributed by atoms with E-state index in [2.05, 4.69) is 10.6 Å². The summed E-state index contributed by atoms with van der Waals surface area (Å²) < 4.78 is 31.2. The number of carbonyl (C=O) groups is 1. The van der Waals surface area contributed by atoms with Crippen molar-refractivity contribution < 1.29 is 18.3 Å². The lowest BCUT2D eigenvalue weighted by molar-refractivity contribution is 0.0734. The molecule has 1 fully saturated rings. The highest BCUT2D eigenvalue weighted by Crippen LogP contribution is 2.09. The number of morpholine rings is 1. The van der Waals surface area contributed by atoms with E-state index in [1.54, 1.807) is 0 Å². The first-order chi connectivity index (χ1) is 8.66. The van der Waals surface area contributed by atoms with Crippen LogP contribution in [0.5, 0.6) is 0 Å². The third kappa shape index (κ3) is 4.41. The topological polar surface area (TPSA) is 50.4 Å². The lowest BCUT2D eigenvalue weighted by atomic mass is 10.2. The summed E-state index contributed by atoms with van der Waals surface area (Å²) >= 11 is 0. The highest BCUT2D eigenvalue weighted by atomic mass is 35.5. The Labute approximate surface area is 115 Å². The second kappa shape index (κ2) is 7.37. The average molecular weight is 293 g/mol. The molecule has 1 heterocycles. The summed E-state index contributed by atoms with van der Waals surface area (Å²) in [6.07, 6.45) is 0. The van der Waals surface area contributed by atoms with Crippen molar-refractivity contribution in [1.82, 2.24) is 10.6 Å². The molecule has 1 amide bonds. The molecule has 1 unspecified atom stereocenters. The highest BCUT2D eigenvalue weighted by molar-refractivity contribution is 5.94. The summed E-state index contributed by atoms with van der Waals surface area (Å²) in [5.41, 5.74) is -0.159. The van der Waals surface area contributed by atoms with Crippen molar-refractivity contribution in [2.45, 2.75) is 6.04 Å². The molecule has 4 nitrogen and oxygen atoms in total. The van der Waals surface area contributed by atoms with Crippen LogP contribution in [0.15, 0.2) is 18.2 Å². The molecule has 1 aromatic carbocycles. The van der Waals surface area contributed by atoms with E-state index in [9.17, 15) is 13.6 Å². The van der Waals surface area contributed by atoms with Crippen molar-refractivity contribution in [2.75, 3.05) is 26.3 Å². The summed E-state index contributed by atoms with van der Waals surface area (Å²) in [7, 11) is 0. The molecule has 0 aromatic heterocycles. The molecule has 0 spiro atoms. The van der Waals surface area contributed by atoms with Gasteiger partial charge in [-0.3, -0.25) is 4.79 Å². The zero-order valence-corrected chi connectivity index (χ0v) is 10.9. The molecular formula is C12H15ClF2N2O2. The van der Waals surface area contributed by atoms with Crippen LogP contribution < -0.4 is 10.6 Å². The van der Waals surface area contributed by atoms with Gasteiger partial charge in [-0.1, -0.05) is 0 Å². The van der Waals surface area contributed by atoms with E-state index in [0.717, 1.165) is 18.7 Å². The van der Waals surface area contributed by atoms with Gasteiger partial charge in [0.2, 0.25) is 0 Å². The molecule has 0 aliphatic carbocycles. The minimum absolute atomic E-state index is 0. The van der Waals surface area contributed by atoms with Gasteiger partial charge in [0, 0.05) is 25.2 Å². The van der Waals surface area contributed by atoms with Crippen LogP contribution in [0.25, 0.3) is 0 Å². The van der Waals surface area contributed by atoms with Gasteiger partial charge < -0.3 is 15.4 Å². The molecule has 0 bridgehead atoms. The molecule has 0 saturated carbocycles. The first-order valence-corrected chi connectivity index (χ1v) is 5.71. The number of nitrogens with one attached hydrogen (secondary N) is 2. The second-order valence-corrected chi connectivity index (χ2v) is 4.06. The molecule has 2 N–H and O–H groups in total. The van der Waals surface area contributed by atoms with Crippen LogP contribution >= 0.6 is 12.4 Å². The van der Waals surface area contributed by atoms with Crippen LogP contribution in [-0.2, 0) is 4.74 Å². The van der Waals surface area contributed by atoms with Gasteiger partial charge in [0.25, 0.3) is 5.91 Å². The first-order valence-electron chi connectivity index (χ1n) is 5.71. The minimum Gasteiger partial charge on any atom is -0.378 e. The van der Waals surface area contributed by atoms with Gasteiger partial charge in [-0.2, -0.15) is 0 Å². The zero-order valence-electron chi connectivity index (χ0n) is 10.1. The quantitative estimate of drug-likeness (QED) is 0.877. The Morgan fingerprint density at radius 1 is 1.47 bits per heavy atom. The Morgan fingerprint density at radius 2 is 2.26 bits per heavy atom. The van der Waals surface area contributed by atoms with Crippen molar-refractivity contribution in [3.63, 3.8) is 0 Å². The normalized spacial score (nSPS) is 18.5. The fourth-order valence-corrected chi connectivity index (χ4v) is 1.74. The number of hydrogen-bond acceptors (Lipinski definition) is 3. The van der Waals surface area contributed by atoms with Crippen LogP contribution in [0.3, 0.4) is 0 Å². The summed E-state index contributed by atoms with van der Waals surface area (Å²) in [4.78, 5) is 11.7. The van der Waals surface area contributed by atoms with E-state index in [1.807, 2.05) is 0 Å². The number of hydrogen-bond donors (Lipinski definition) is 2. The molecular weight excluding hydrogens is 278 g/mol. The van der Waals surface area contributed by atoms with E-state index in [0.29, 0.717) is 25.8 Å². The SMILES string of the molecule is Cl.O=C(NCC1COCCN1)c1ccc(F)cc1F. The van der Waals surface area contributed by atoms with Crippen molar-refractivity contribution in [3.8, 4) is 0 Å². The van der Waals surface area contributed by atoms with Gasteiger partial charge >= 0.3 is 0 Å². The third-order valence-electron chi connectivity index (χ3n) is 2.68. The standard InChI is InChI=1S/C12H14F2N2O2.ClH/c13-8-1-2-10(11(14)5-8)12(17)16-6-9-7-18-4-3-15-9;/h1-2,5,9,15H,3-4,6-7H2,(H,16,17);1H. The van der Waals surface area contributed by atoms with Crippen molar-refractivity contribution in [1.29, 1.82) is 0 Å². The number of carbonyl (C=O) groups excluding carboxylic acids is 1. The van der Waals surface area contributed by atoms with Crippen molar-refractivity contribution >= 4 is 18.3 Å². The molecule has 1 aromatic rings. The Bertz CT molecular complexity index is 440. The number of benzene rings is 1. The monoisotopic (exact) mass is 292 g/mol. The van der Waals surface area contributed by atoms with Gasteiger partial charge in [0.1, 0.15) is 11.6 Å². The van der Waals surface area contributed by atoms with Crippen LogP contribution in [0, 0.1) is 11.6 Å². The van der Waals surface area contributed by atoms with E-state index in [4.69, 9.17) is 4.74 Å². The first kappa shape index (κ1) is 15.8. The predicted octanol–water partition coefficient (Wildman–Crippen LogP) is 1.10. The number of rotatable bonds is 3. The van der Waals surface area contributed by atoms with Gasteiger partial charge in [-0.05, 0) is 12.1 Å². The van der Waals surface area contributed by atoms with Crippen molar-refractivity contribution in [2.24, 2.45) is 0 Å². The van der Waals surface area contributed by atoms with Crippen LogP contribution in [0.4, 0.5) is 8.78 Å². The Hall–Kier alpha value is -1.24. The predicted molar refractivity (Wildman–Crippen MR) is 68.5 cm³/mol. The smallest absolute Gasteiger partial charge is 0.254 e. The molecule has 19 heavy (non-hydrogen) atoms. The number of halogens is 3. The van der Waals surface area contributed by atoms with Crippen LogP contribution in [-0.4, -0.2) is 38.3 Å². The number of amides is 1. The summed E-state index contributed by atoms with van der Waals surface area (Å²) in [5.74, 6) is -2.12. The maximum atomic E-state index is 13.3. The molecule has 1 saturated heterocycles. The summed E-state index contributed by atoms with van der Waals surface area (Å²) in [6, 6.07) is 2.90. The van der Waals surface area contributed by atoms with Crippen molar-refractivity contribution in [3.05, 3.63) is 35.4 Å². The number of ether oxygens (including phenoxy) is 1. The van der Waals surface area contributed by atoms with Gasteiger partial charge in [-0.15, -0.1) is 12.4 Å². The maximum Gasteiger partial charge on any atom is 0.254 e. The fraction of sp³-hybridized carbons (Fsp3) is 0.417. The molecule has 106 valence electrons. The highest BCUT2D eigenvalue weighted by Gasteiger charge is 2.16. The van der Waals surface area contributed by atoms with Crippen LogP contribution in [0.2, 0.25) is 0 Å². The fourth-order valence-electron chi connectivity index (χ4n) is 1.74. The van der Waals surface area contributed by atoms with Crippen LogP contribution in [0.1, 0.15) is 10.4 Å². The summed E-state index contributed by atoms with van der Waals surface area (Å²) in [6.45, 7) is 2.23. The molecule has 1 atom stereocenters. The van der Waals surface area contributed by atoms with E-state index < -0.39 is 17.5 Å². The minimum atomic E-state index is -0.861. The van der Waals surface area contributed by atoms with E-state index >= 15 is 0 Å². The summed E-state index contributed by atoms with van der Waals surface area (Å²) in [5, 5.41) is 5.74. The Kier molecular flexibility index (Phi) is 6.14. The molecule has 1 aliphatic rings. The van der Waals surface area contributed by atoms with Gasteiger partial charge in [0.15, 0.2) is 0 Å². The Balaban J connectivity index is 0.00000180. The molecule has 1 aliphatic heterocycles. The zero-order chi connectivity index (χ0) is 13.0. The maximum absolute atomic E-state index is 13.3. The third-order valence-corrected chi connectivity index (χ3v) is 2.68. The Morgan fingerprint density at radius 3 is 2.89 bits per heavy atom. The lowest BCUT2D eigenvalue weighted by Crippen LogP contribution is -2.48. The second-order valence-electron chi connectivity index (χ2n) is 4.06. The largest absolute Gasteiger partial charge is 0.378 e. The van der Waals surface area contributed by atoms with E-state index in [-0.39, 0.29) is 24.0 Å². The van der Waals surface area contributed by atoms with Gasteiger partial charge in [-0.25, -0.2) is 8.78 Å². The van der Waals surface area contributed by atoms with E-state index in [1.165, 1.54) is 0 Å².